The molecule has 19 heavy (non-hydrogen) atoms. The van der Waals surface area contributed by atoms with E-state index in [0.29, 0.717) is 18.5 Å². The topological polar surface area (TPSA) is 50.9 Å². The molecule has 1 aliphatic rings. The van der Waals surface area contributed by atoms with Crippen LogP contribution in [0.4, 0.5) is 0 Å². The number of para-hydroxylation sites is 1. The van der Waals surface area contributed by atoms with Crippen LogP contribution in [0.25, 0.3) is 0 Å². The average molecular weight is 261 g/mol. The molecule has 1 aliphatic carbocycles. The lowest BCUT2D eigenvalue weighted by molar-refractivity contribution is 0.240. The molecule has 0 heterocycles. The maximum atomic E-state index is 5.99. The molecule has 2 N–H and O–H groups in total. The Balaban J connectivity index is 2.03. The first-order chi connectivity index (χ1) is 9.08. The van der Waals surface area contributed by atoms with Gasteiger partial charge in [-0.1, -0.05) is 18.2 Å². The fourth-order valence-corrected chi connectivity index (χ4v) is 1.93. The summed E-state index contributed by atoms with van der Waals surface area (Å²) in [5.41, 5.74) is 7.06. The summed E-state index contributed by atoms with van der Waals surface area (Å²) in [4.78, 5) is 6.53. The minimum Gasteiger partial charge on any atom is -0.491 e. The fourth-order valence-electron chi connectivity index (χ4n) is 1.93. The Labute approximate surface area is 115 Å². The average Bonchev–Trinajstić information content (AvgIpc) is 3.20. The summed E-state index contributed by atoms with van der Waals surface area (Å²) in [6.07, 6.45) is 2.61. The Kier molecular flexibility index (Phi) is 4.30. The highest BCUT2D eigenvalue weighted by molar-refractivity contribution is 5.78. The van der Waals surface area contributed by atoms with E-state index in [1.54, 1.807) is 0 Å². The van der Waals surface area contributed by atoms with Crippen LogP contribution in [-0.2, 0) is 6.54 Å². The highest BCUT2D eigenvalue weighted by atomic mass is 16.5. The molecule has 0 amide bonds. The van der Waals surface area contributed by atoms with E-state index in [2.05, 4.69) is 9.89 Å². The van der Waals surface area contributed by atoms with E-state index in [-0.39, 0.29) is 6.10 Å². The van der Waals surface area contributed by atoms with Gasteiger partial charge in [-0.05, 0) is 32.8 Å². The molecule has 0 aliphatic heterocycles. The number of ether oxygens (including phenoxy) is 1. The molecule has 4 nitrogen and oxygen atoms in total. The van der Waals surface area contributed by atoms with Crippen LogP contribution >= 0.6 is 0 Å². The van der Waals surface area contributed by atoms with Gasteiger partial charge in [0.2, 0.25) is 0 Å². The molecule has 1 aromatic carbocycles. The van der Waals surface area contributed by atoms with Crippen LogP contribution in [0.3, 0.4) is 0 Å². The molecule has 0 bridgehead atoms. The normalized spacial score (nSPS) is 15.7. The zero-order chi connectivity index (χ0) is 13.8. The number of guanidine groups is 1. The number of nitrogens with two attached hydrogens (primary N) is 1. The van der Waals surface area contributed by atoms with Gasteiger partial charge in [-0.3, -0.25) is 0 Å². The van der Waals surface area contributed by atoms with Crippen molar-refractivity contribution in [3.05, 3.63) is 29.8 Å². The van der Waals surface area contributed by atoms with E-state index in [0.717, 1.165) is 11.3 Å². The minimum absolute atomic E-state index is 0.164. The molecule has 1 fully saturated rings. The predicted molar refractivity (Wildman–Crippen MR) is 78.3 cm³/mol. The Hall–Kier alpha value is -1.71. The maximum Gasteiger partial charge on any atom is 0.191 e. The molecule has 0 atom stereocenters. The SMILES string of the molecule is CC(C)Oc1ccccc1CN=C(N)N(C)C1CC1. The molecule has 0 spiro atoms. The van der Waals surface area contributed by atoms with Gasteiger partial charge in [0.25, 0.3) is 0 Å². The molecule has 1 saturated carbocycles. The highest BCUT2D eigenvalue weighted by Crippen LogP contribution is 2.25. The molecule has 2 rings (SSSR count). The van der Waals surface area contributed by atoms with Crippen molar-refractivity contribution in [2.24, 2.45) is 10.7 Å². The van der Waals surface area contributed by atoms with E-state index < -0.39 is 0 Å². The van der Waals surface area contributed by atoms with E-state index in [9.17, 15) is 0 Å². The number of benzene rings is 1. The van der Waals surface area contributed by atoms with Gasteiger partial charge in [0.05, 0.1) is 12.6 Å². The van der Waals surface area contributed by atoms with Gasteiger partial charge < -0.3 is 15.4 Å². The number of nitrogens with zero attached hydrogens (tertiary/aromatic N) is 2. The molecule has 1 aromatic rings. The second-order valence-corrected chi connectivity index (χ2v) is 5.29. The highest BCUT2D eigenvalue weighted by Gasteiger charge is 2.27. The summed E-state index contributed by atoms with van der Waals surface area (Å²) in [5, 5.41) is 0. The first kappa shape index (κ1) is 13.7. The number of hydrogen-bond donors (Lipinski definition) is 1. The van der Waals surface area contributed by atoms with Gasteiger partial charge in [-0.15, -0.1) is 0 Å². The monoisotopic (exact) mass is 261 g/mol. The van der Waals surface area contributed by atoms with Gasteiger partial charge in [0.1, 0.15) is 5.75 Å². The van der Waals surface area contributed by atoms with Crippen LogP contribution in [0.1, 0.15) is 32.3 Å². The van der Waals surface area contributed by atoms with Gasteiger partial charge in [0.15, 0.2) is 5.96 Å². The molecular formula is C15H23N3O. The second kappa shape index (κ2) is 5.95. The van der Waals surface area contributed by atoms with Gasteiger partial charge >= 0.3 is 0 Å². The molecule has 104 valence electrons. The predicted octanol–water partition coefficient (Wildman–Crippen LogP) is 2.38. The molecule has 0 aromatic heterocycles. The zero-order valence-electron chi connectivity index (χ0n) is 12.0. The fraction of sp³-hybridized carbons (Fsp3) is 0.533. The molecule has 4 heteroatoms. The minimum atomic E-state index is 0.164. The van der Waals surface area contributed by atoms with Crippen molar-refractivity contribution in [2.45, 2.75) is 45.4 Å². The summed E-state index contributed by atoms with van der Waals surface area (Å²) < 4.78 is 5.77. The molecular weight excluding hydrogens is 238 g/mol. The summed E-state index contributed by atoms with van der Waals surface area (Å²) in [6, 6.07) is 8.58. The molecule has 0 unspecified atom stereocenters. The van der Waals surface area contributed by atoms with E-state index >= 15 is 0 Å². The van der Waals surface area contributed by atoms with Crippen molar-refractivity contribution in [1.29, 1.82) is 0 Å². The Bertz CT molecular complexity index is 452. The van der Waals surface area contributed by atoms with Crippen molar-refractivity contribution in [1.82, 2.24) is 4.90 Å². The Morgan fingerprint density at radius 2 is 2.11 bits per heavy atom. The first-order valence-corrected chi connectivity index (χ1v) is 6.85. The number of aliphatic imine (C=N–C) groups is 1. The third kappa shape index (κ3) is 3.88. The van der Waals surface area contributed by atoms with Crippen molar-refractivity contribution in [2.75, 3.05) is 7.05 Å². The lowest BCUT2D eigenvalue weighted by Crippen LogP contribution is -2.35. The van der Waals surface area contributed by atoms with Crippen LogP contribution in [0, 0.1) is 0 Å². The molecule has 0 radical (unpaired) electrons. The van der Waals surface area contributed by atoms with Gasteiger partial charge in [-0.25, -0.2) is 4.99 Å². The lowest BCUT2D eigenvalue weighted by atomic mass is 10.2. The zero-order valence-corrected chi connectivity index (χ0v) is 12.0. The van der Waals surface area contributed by atoms with E-state index in [1.165, 1.54) is 12.8 Å². The molecule has 0 saturated heterocycles. The maximum absolute atomic E-state index is 5.99. The Morgan fingerprint density at radius 3 is 2.74 bits per heavy atom. The number of hydrogen-bond acceptors (Lipinski definition) is 2. The van der Waals surface area contributed by atoms with Crippen LogP contribution < -0.4 is 10.5 Å². The standard InChI is InChI=1S/C15H23N3O/c1-11(2)19-14-7-5-4-6-12(14)10-17-15(16)18(3)13-8-9-13/h4-7,11,13H,8-10H2,1-3H3,(H2,16,17). The number of rotatable bonds is 5. The summed E-state index contributed by atoms with van der Waals surface area (Å²) in [5.74, 6) is 1.50. The quantitative estimate of drug-likeness (QED) is 0.654. The van der Waals surface area contributed by atoms with Crippen molar-refractivity contribution in [3.8, 4) is 5.75 Å². The third-order valence-electron chi connectivity index (χ3n) is 3.20. The van der Waals surface area contributed by atoms with Crippen LogP contribution in [0.5, 0.6) is 5.75 Å². The summed E-state index contributed by atoms with van der Waals surface area (Å²) in [6.45, 7) is 4.61. The second-order valence-electron chi connectivity index (χ2n) is 5.29. The summed E-state index contributed by atoms with van der Waals surface area (Å²) >= 11 is 0. The smallest absolute Gasteiger partial charge is 0.191 e. The van der Waals surface area contributed by atoms with Crippen LogP contribution in [0.15, 0.2) is 29.3 Å². The lowest BCUT2D eigenvalue weighted by Gasteiger charge is -2.17. The van der Waals surface area contributed by atoms with Crippen molar-refractivity contribution < 1.29 is 4.74 Å². The van der Waals surface area contributed by atoms with Crippen molar-refractivity contribution >= 4 is 5.96 Å². The van der Waals surface area contributed by atoms with Gasteiger partial charge in [-0.2, -0.15) is 0 Å². The van der Waals surface area contributed by atoms with E-state index in [1.807, 2.05) is 45.2 Å². The van der Waals surface area contributed by atoms with E-state index in [4.69, 9.17) is 10.5 Å². The summed E-state index contributed by atoms with van der Waals surface area (Å²) in [7, 11) is 2.01. The third-order valence-corrected chi connectivity index (χ3v) is 3.20. The van der Waals surface area contributed by atoms with Crippen LogP contribution in [0.2, 0.25) is 0 Å². The first-order valence-electron chi connectivity index (χ1n) is 6.85. The van der Waals surface area contributed by atoms with Crippen LogP contribution in [-0.4, -0.2) is 30.1 Å². The van der Waals surface area contributed by atoms with Crippen molar-refractivity contribution in [3.63, 3.8) is 0 Å². The Morgan fingerprint density at radius 1 is 1.42 bits per heavy atom. The largest absolute Gasteiger partial charge is 0.491 e. The van der Waals surface area contributed by atoms with Gasteiger partial charge in [0, 0.05) is 18.7 Å².